The summed E-state index contributed by atoms with van der Waals surface area (Å²) in [5.41, 5.74) is 6.53. The van der Waals surface area contributed by atoms with Crippen LogP contribution in [0.4, 0.5) is 0 Å². The summed E-state index contributed by atoms with van der Waals surface area (Å²) in [7, 11) is 0. The van der Waals surface area contributed by atoms with Gasteiger partial charge in [-0.2, -0.15) is 0 Å². The Morgan fingerprint density at radius 3 is 2.37 bits per heavy atom. The molecule has 1 aliphatic carbocycles. The van der Waals surface area contributed by atoms with Gasteiger partial charge in [0.2, 0.25) is 11.8 Å². The summed E-state index contributed by atoms with van der Waals surface area (Å²) in [5.74, 6) is -1.02. The van der Waals surface area contributed by atoms with E-state index in [9.17, 15) is 14.7 Å². The molecule has 2 rings (SSSR count). The molecule has 0 heterocycles. The molecule has 2 amide bonds. The molecule has 0 radical (unpaired) electrons. The lowest BCUT2D eigenvalue weighted by atomic mass is 9.64. The molecule has 0 saturated heterocycles. The third-order valence-electron chi connectivity index (χ3n) is 6.92. The number of aliphatic hydroxyl groups is 1. The second-order valence-electron chi connectivity index (χ2n) is 9.70. The number of nitrogens with one attached hydrogen (secondary N) is 1. The standard InChI is InChI=1S/C29H45N3O3/c1-4-7-11-17-31-22-26(33)25(20-23-13-9-8-10-14-23)29(28(30)35)16-12-15-24(21-29)27(34)32(18-5-2)19-6-3/h8-10,12-16,25-26,31,33H,4-7,11,17-22H2,1-3H3,(H2,30,35)/t25-,26+,29?/m1/s1. The van der Waals surface area contributed by atoms with Crippen molar-refractivity contribution in [1.29, 1.82) is 0 Å². The molecule has 1 aliphatic rings. The summed E-state index contributed by atoms with van der Waals surface area (Å²) in [4.78, 5) is 28.4. The maximum absolute atomic E-state index is 13.4. The normalized spacial score (nSPS) is 19.1. The molecule has 35 heavy (non-hydrogen) atoms. The Morgan fingerprint density at radius 1 is 1.09 bits per heavy atom. The number of primary amides is 1. The van der Waals surface area contributed by atoms with Crippen LogP contribution in [0.3, 0.4) is 0 Å². The number of aliphatic hydroxyl groups excluding tert-OH is 1. The van der Waals surface area contributed by atoms with Crippen molar-refractivity contribution >= 4 is 11.8 Å². The minimum absolute atomic E-state index is 0.0469. The summed E-state index contributed by atoms with van der Waals surface area (Å²) >= 11 is 0. The van der Waals surface area contributed by atoms with Crippen molar-refractivity contribution in [3.8, 4) is 0 Å². The van der Waals surface area contributed by atoms with E-state index in [1.807, 2.05) is 41.3 Å². The number of unbranched alkanes of at least 4 members (excludes halogenated alkanes) is 2. The first-order valence-electron chi connectivity index (χ1n) is 13.3. The smallest absolute Gasteiger partial charge is 0.249 e. The van der Waals surface area contributed by atoms with Gasteiger partial charge in [0.1, 0.15) is 0 Å². The molecular weight excluding hydrogens is 438 g/mol. The molecule has 1 unspecified atom stereocenters. The van der Waals surface area contributed by atoms with Gasteiger partial charge in [-0.1, -0.05) is 82.2 Å². The predicted octanol–water partition coefficient (Wildman–Crippen LogP) is 3.99. The van der Waals surface area contributed by atoms with Crippen molar-refractivity contribution in [2.24, 2.45) is 17.1 Å². The molecule has 0 saturated carbocycles. The van der Waals surface area contributed by atoms with E-state index >= 15 is 0 Å². The molecule has 194 valence electrons. The van der Waals surface area contributed by atoms with Gasteiger partial charge >= 0.3 is 0 Å². The van der Waals surface area contributed by atoms with Crippen LogP contribution in [0.1, 0.15) is 64.9 Å². The zero-order valence-corrected chi connectivity index (χ0v) is 21.8. The van der Waals surface area contributed by atoms with Crippen molar-refractivity contribution in [3.05, 3.63) is 59.7 Å². The highest BCUT2D eigenvalue weighted by molar-refractivity contribution is 5.96. The largest absolute Gasteiger partial charge is 0.391 e. The van der Waals surface area contributed by atoms with Gasteiger partial charge in [0, 0.05) is 31.1 Å². The third kappa shape index (κ3) is 8.04. The van der Waals surface area contributed by atoms with Gasteiger partial charge < -0.3 is 21.1 Å². The van der Waals surface area contributed by atoms with Crippen LogP contribution in [-0.4, -0.2) is 54.1 Å². The van der Waals surface area contributed by atoms with Gasteiger partial charge in [-0.3, -0.25) is 9.59 Å². The molecule has 1 aromatic carbocycles. The lowest BCUT2D eigenvalue weighted by molar-refractivity contribution is -0.132. The fraction of sp³-hybridized carbons (Fsp3) is 0.586. The van der Waals surface area contributed by atoms with Crippen molar-refractivity contribution in [1.82, 2.24) is 10.2 Å². The number of benzene rings is 1. The van der Waals surface area contributed by atoms with E-state index in [1.54, 1.807) is 12.2 Å². The molecule has 0 fully saturated rings. The van der Waals surface area contributed by atoms with E-state index in [0.29, 0.717) is 31.6 Å². The van der Waals surface area contributed by atoms with Crippen LogP contribution in [-0.2, 0) is 16.0 Å². The molecule has 6 heteroatoms. The van der Waals surface area contributed by atoms with Crippen LogP contribution in [0.5, 0.6) is 0 Å². The van der Waals surface area contributed by atoms with Gasteiger partial charge in [-0.05, 0) is 44.2 Å². The van der Waals surface area contributed by atoms with Crippen molar-refractivity contribution in [3.63, 3.8) is 0 Å². The molecular formula is C29H45N3O3. The van der Waals surface area contributed by atoms with E-state index in [0.717, 1.165) is 44.2 Å². The van der Waals surface area contributed by atoms with E-state index in [1.165, 1.54) is 0 Å². The third-order valence-corrected chi connectivity index (χ3v) is 6.92. The van der Waals surface area contributed by atoms with Crippen LogP contribution >= 0.6 is 0 Å². The topological polar surface area (TPSA) is 95.7 Å². The molecule has 3 atom stereocenters. The number of carbonyl (C=O) groups is 2. The molecule has 1 aromatic rings. The van der Waals surface area contributed by atoms with Gasteiger partial charge in [0.25, 0.3) is 0 Å². The monoisotopic (exact) mass is 483 g/mol. The van der Waals surface area contributed by atoms with Crippen molar-refractivity contribution < 1.29 is 14.7 Å². The van der Waals surface area contributed by atoms with Gasteiger partial charge in [-0.15, -0.1) is 0 Å². The highest BCUT2D eigenvalue weighted by atomic mass is 16.3. The van der Waals surface area contributed by atoms with Gasteiger partial charge in [0.05, 0.1) is 11.5 Å². The number of hydrogen-bond acceptors (Lipinski definition) is 4. The number of carbonyl (C=O) groups excluding carboxylic acids is 2. The van der Waals surface area contributed by atoms with Crippen LogP contribution in [0, 0.1) is 11.3 Å². The SMILES string of the molecule is CCCCCNC[C@H](O)[C@@H](Cc1ccccc1)C1(C(N)=O)C=CC=C(C(=O)N(CCC)CCC)C1. The fourth-order valence-corrected chi connectivity index (χ4v) is 5.00. The first-order chi connectivity index (χ1) is 16.9. The number of hydrogen-bond donors (Lipinski definition) is 3. The first-order valence-corrected chi connectivity index (χ1v) is 13.3. The van der Waals surface area contributed by atoms with Gasteiger partial charge in [0.15, 0.2) is 0 Å². The highest BCUT2D eigenvalue weighted by Gasteiger charge is 2.47. The number of nitrogens with zero attached hydrogens (tertiary/aromatic N) is 1. The maximum atomic E-state index is 13.4. The van der Waals surface area contributed by atoms with Crippen molar-refractivity contribution in [2.75, 3.05) is 26.2 Å². The molecule has 0 spiro atoms. The van der Waals surface area contributed by atoms with E-state index in [2.05, 4.69) is 26.1 Å². The Morgan fingerprint density at radius 2 is 1.77 bits per heavy atom. The summed E-state index contributed by atoms with van der Waals surface area (Å²) in [6.45, 7) is 8.80. The van der Waals surface area contributed by atoms with E-state index in [-0.39, 0.29) is 12.3 Å². The van der Waals surface area contributed by atoms with E-state index < -0.39 is 23.3 Å². The zero-order valence-electron chi connectivity index (χ0n) is 21.8. The fourth-order valence-electron chi connectivity index (χ4n) is 5.00. The molecule has 6 nitrogen and oxygen atoms in total. The maximum Gasteiger partial charge on any atom is 0.249 e. The predicted molar refractivity (Wildman–Crippen MR) is 143 cm³/mol. The minimum Gasteiger partial charge on any atom is -0.391 e. The highest BCUT2D eigenvalue weighted by Crippen LogP contribution is 2.42. The van der Waals surface area contributed by atoms with Crippen molar-refractivity contribution in [2.45, 2.75) is 71.8 Å². The number of rotatable bonds is 16. The summed E-state index contributed by atoms with van der Waals surface area (Å²) in [6.07, 6.45) is 10.3. The van der Waals surface area contributed by atoms with Crippen LogP contribution in [0.25, 0.3) is 0 Å². The first kappa shape index (κ1) is 28.8. The molecule has 0 bridgehead atoms. The van der Waals surface area contributed by atoms with Crippen LogP contribution in [0.15, 0.2) is 54.1 Å². The Kier molecular flexibility index (Phi) is 12.2. The van der Waals surface area contributed by atoms with Crippen LogP contribution in [0.2, 0.25) is 0 Å². The number of amides is 2. The Hall–Kier alpha value is -2.44. The van der Waals surface area contributed by atoms with Gasteiger partial charge in [-0.25, -0.2) is 0 Å². The molecule has 0 aliphatic heterocycles. The number of allylic oxidation sites excluding steroid dienone is 2. The van der Waals surface area contributed by atoms with E-state index in [4.69, 9.17) is 5.73 Å². The second kappa shape index (κ2) is 14.8. The Bertz CT molecular complexity index is 846. The Labute approximate surface area is 211 Å². The summed E-state index contributed by atoms with van der Waals surface area (Å²) in [5, 5.41) is 14.7. The average molecular weight is 484 g/mol. The molecule has 4 N–H and O–H groups in total. The summed E-state index contributed by atoms with van der Waals surface area (Å²) in [6, 6.07) is 9.86. The Balaban J connectivity index is 2.34. The average Bonchev–Trinajstić information content (AvgIpc) is 2.87. The summed E-state index contributed by atoms with van der Waals surface area (Å²) < 4.78 is 0. The quantitative estimate of drug-likeness (QED) is 0.310. The van der Waals surface area contributed by atoms with Crippen LogP contribution < -0.4 is 11.1 Å². The zero-order chi connectivity index (χ0) is 25.7. The lowest BCUT2D eigenvalue weighted by Gasteiger charge is -2.41. The minimum atomic E-state index is -1.15. The number of nitrogens with two attached hydrogens (primary N) is 1. The second-order valence-corrected chi connectivity index (χ2v) is 9.70. The lowest BCUT2D eigenvalue weighted by Crippen LogP contribution is -2.51. The molecule has 0 aromatic heterocycles.